The van der Waals surface area contributed by atoms with Crippen LogP contribution in [0.3, 0.4) is 0 Å². The van der Waals surface area contributed by atoms with E-state index in [1.54, 1.807) is 6.92 Å². The number of hydrogen-bond acceptors (Lipinski definition) is 3. The van der Waals surface area contributed by atoms with Crippen LogP contribution in [-0.4, -0.2) is 27.8 Å². The van der Waals surface area contributed by atoms with E-state index >= 15 is 0 Å². The predicted molar refractivity (Wildman–Crippen MR) is 81.0 cm³/mol. The third kappa shape index (κ3) is 3.71. The average Bonchev–Trinajstić information content (AvgIpc) is 2.89. The van der Waals surface area contributed by atoms with Gasteiger partial charge in [0.2, 0.25) is 0 Å². The fourth-order valence-electron chi connectivity index (χ4n) is 1.82. The van der Waals surface area contributed by atoms with Gasteiger partial charge in [0.1, 0.15) is 0 Å². The third-order valence-corrected chi connectivity index (χ3v) is 3.03. The van der Waals surface area contributed by atoms with Gasteiger partial charge in [0, 0.05) is 23.4 Å². The van der Waals surface area contributed by atoms with E-state index < -0.39 is 0 Å². The molecule has 1 amide bonds. The quantitative estimate of drug-likeness (QED) is 0.754. The smallest absolute Gasteiger partial charge is 0.259 e. The normalized spacial score (nSPS) is 9.86. The molecule has 108 valence electrons. The molecule has 0 radical (unpaired) electrons. The molecule has 2 rings (SSSR count). The topological polar surface area (TPSA) is 78.0 Å². The summed E-state index contributed by atoms with van der Waals surface area (Å²) in [6, 6.07) is 5.62. The lowest BCUT2D eigenvalue weighted by molar-refractivity contribution is 0.102. The minimum atomic E-state index is -0.204. The molecule has 0 fully saturated rings. The van der Waals surface area contributed by atoms with Crippen LogP contribution in [0.2, 0.25) is 0 Å². The lowest BCUT2D eigenvalue weighted by Gasteiger charge is -2.08. The first-order chi connectivity index (χ1) is 10.1. The molecule has 1 aromatic carbocycles. The van der Waals surface area contributed by atoms with Crippen LogP contribution in [0, 0.1) is 25.7 Å². The van der Waals surface area contributed by atoms with Crippen molar-refractivity contribution in [2.24, 2.45) is 0 Å². The van der Waals surface area contributed by atoms with Crippen LogP contribution in [0.15, 0.2) is 24.4 Å². The standard InChI is InChI=1S/C16H17N3O2/c1-11-6-7-13(5-3-4-8-20)9-15(11)18-16(21)14-10-17-19-12(14)2/h6-7,9-10,20H,4,8H2,1-2H3,(H,17,19)(H,18,21). The zero-order valence-electron chi connectivity index (χ0n) is 12.0. The molecule has 5 heteroatoms. The molecule has 2 aromatic rings. The van der Waals surface area contributed by atoms with E-state index in [2.05, 4.69) is 27.4 Å². The van der Waals surface area contributed by atoms with E-state index in [1.165, 1.54) is 6.20 Å². The Morgan fingerprint density at radius 2 is 2.24 bits per heavy atom. The van der Waals surface area contributed by atoms with Gasteiger partial charge in [-0.2, -0.15) is 5.10 Å². The van der Waals surface area contributed by atoms with Gasteiger partial charge in [0.25, 0.3) is 5.91 Å². The number of amides is 1. The number of nitrogens with one attached hydrogen (secondary N) is 2. The van der Waals surface area contributed by atoms with Crippen LogP contribution in [-0.2, 0) is 0 Å². The molecular formula is C16H17N3O2. The van der Waals surface area contributed by atoms with E-state index in [4.69, 9.17) is 5.11 Å². The molecule has 1 heterocycles. The first-order valence-electron chi connectivity index (χ1n) is 6.63. The molecule has 0 unspecified atom stereocenters. The van der Waals surface area contributed by atoms with Gasteiger partial charge in [0.05, 0.1) is 18.4 Å². The monoisotopic (exact) mass is 283 g/mol. The zero-order chi connectivity index (χ0) is 15.2. The maximum absolute atomic E-state index is 12.2. The van der Waals surface area contributed by atoms with Gasteiger partial charge in [-0.25, -0.2) is 0 Å². The first kappa shape index (κ1) is 14.8. The minimum Gasteiger partial charge on any atom is -0.395 e. The van der Waals surface area contributed by atoms with Crippen molar-refractivity contribution in [1.29, 1.82) is 0 Å². The lowest BCUT2D eigenvalue weighted by Crippen LogP contribution is -2.13. The van der Waals surface area contributed by atoms with Gasteiger partial charge < -0.3 is 10.4 Å². The highest BCUT2D eigenvalue weighted by Crippen LogP contribution is 2.18. The van der Waals surface area contributed by atoms with Gasteiger partial charge in [-0.05, 0) is 31.5 Å². The number of carbonyl (C=O) groups is 1. The molecule has 0 saturated heterocycles. The second kappa shape index (κ2) is 6.73. The summed E-state index contributed by atoms with van der Waals surface area (Å²) >= 11 is 0. The van der Waals surface area contributed by atoms with Gasteiger partial charge in [0.15, 0.2) is 0 Å². The zero-order valence-corrected chi connectivity index (χ0v) is 12.0. The van der Waals surface area contributed by atoms with Crippen molar-refractivity contribution < 1.29 is 9.90 Å². The Morgan fingerprint density at radius 3 is 2.90 bits per heavy atom. The van der Waals surface area contributed by atoms with Gasteiger partial charge in [-0.1, -0.05) is 17.9 Å². The number of aliphatic hydroxyl groups excluding tert-OH is 1. The number of anilines is 1. The number of carbonyl (C=O) groups excluding carboxylic acids is 1. The molecule has 3 N–H and O–H groups in total. The predicted octanol–water partition coefficient (Wildman–Crippen LogP) is 2.01. The highest BCUT2D eigenvalue weighted by atomic mass is 16.2. The van der Waals surface area contributed by atoms with Crippen LogP contribution < -0.4 is 5.32 Å². The number of aliphatic hydroxyl groups is 1. The van der Waals surface area contributed by atoms with Crippen molar-refractivity contribution in [3.05, 3.63) is 46.8 Å². The van der Waals surface area contributed by atoms with E-state index in [0.29, 0.717) is 12.0 Å². The SMILES string of the molecule is Cc1ccc(C#CCCO)cc1NC(=O)c1cn[nH]c1C. The Bertz CT molecular complexity index is 708. The number of rotatable bonds is 3. The largest absolute Gasteiger partial charge is 0.395 e. The highest BCUT2D eigenvalue weighted by molar-refractivity contribution is 6.05. The molecular weight excluding hydrogens is 266 g/mol. The minimum absolute atomic E-state index is 0.0439. The van der Waals surface area contributed by atoms with E-state index in [1.807, 2.05) is 25.1 Å². The van der Waals surface area contributed by atoms with E-state index in [-0.39, 0.29) is 12.5 Å². The molecule has 0 bridgehead atoms. The van der Waals surface area contributed by atoms with Crippen LogP contribution in [0.4, 0.5) is 5.69 Å². The van der Waals surface area contributed by atoms with Crippen LogP contribution in [0.5, 0.6) is 0 Å². The Morgan fingerprint density at radius 1 is 1.43 bits per heavy atom. The third-order valence-electron chi connectivity index (χ3n) is 3.03. The summed E-state index contributed by atoms with van der Waals surface area (Å²) < 4.78 is 0. The Labute approximate surface area is 123 Å². The second-order valence-electron chi connectivity index (χ2n) is 4.67. The fourth-order valence-corrected chi connectivity index (χ4v) is 1.82. The molecule has 0 saturated carbocycles. The highest BCUT2D eigenvalue weighted by Gasteiger charge is 2.12. The molecule has 5 nitrogen and oxygen atoms in total. The maximum atomic E-state index is 12.2. The Hall–Kier alpha value is -2.58. The van der Waals surface area contributed by atoms with Crippen LogP contribution in [0.1, 0.15) is 33.6 Å². The number of H-pyrrole nitrogens is 1. The van der Waals surface area contributed by atoms with Gasteiger partial charge in [-0.3, -0.25) is 9.89 Å². The van der Waals surface area contributed by atoms with Crippen molar-refractivity contribution >= 4 is 11.6 Å². The van der Waals surface area contributed by atoms with Crippen molar-refractivity contribution in [2.75, 3.05) is 11.9 Å². The molecule has 0 aliphatic heterocycles. The molecule has 21 heavy (non-hydrogen) atoms. The molecule has 0 aliphatic carbocycles. The molecule has 1 aromatic heterocycles. The summed E-state index contributed by atoms with van der Waals surface area (Å²) in [6.45, 7) is 3.76. The summed E-state index contributed by atoms with van der Waals surface area (Å²) in [4.78, 5) is 12.2. The summed E-state index contributed by atoms with van der Waals surface area (Å²) in [6.07, 6.45) is 1.94. The Kier molecular flexibility index (Phi) is 4.75. The van der Waals surface area contributed by atoms with Crippen molar-refractivity contribution in [3.63, 3.8) is 0 Å². The summed E-state index contributed by atoms with van der Waals surface area (Å²) in [7, 11) is 0. The number of benzene rings is 1. The fraction of sp³-hybridized carbons (Fsp3) is 0.250. The van der Waals surface area contributed by atoms with E-state index in [0.717, 1.165) is 22.5 Å². The van der Waals surface area contributed by atoms with Gasteiger partial charge >= 0.3 is 0 Å². The summed E-state index contributed by atoms with van der Waals surface area (Å²) in [5.41, 5.74) is 3.72. The first-order valence-corrected chi connectivity index (χ1v) is 6.63. The molecule has 0 spiro atoms. The van der Waals surface area contributed by atoms with Gasteiger partial charge in [-0.15, -0.1) is 0 Å². The number of hydrogen-bond donors (Lipinski definition) is 3. The van der Waals surface area contributed by atoms with E-state index in [9.17, 15) is 4.79 Å². The van der Waals surface area contributed by atoms with Crippen LogP contribution in [0.25, 0.3) is 0 Å². The average molecular weight is 283 g/mol. The number of aromatic nitrogens is 2. The van der Waals surface area contributed by atoms with Crippen molar-refractivity contribution in [1.82, 2.24) is 10.2 Å². The Balaban J connectivity index is 2.20. The molecule has 0 aliphatic rings. The second-order valence-corrected chi connectivity index (χ2v) is 4.67. The molecule has 0 atom stereocenters. The number of nitrogens with zero attached hydrogens (tertiary/aromatic N) is 1. The maximum Gasteiger partial charge on any atom is 0.259 e. The number of aromatic amines is 1. The van der Waals surface area contributed by atoms with Crippen LogP contribution >= 0.6 is 0 Å². The summed E-state index contributed by atoms with van der Waals surface area (Å²) in [5.74, 6) is 5.61. The van der Waals surface area contributed by atoms with Crippen molar-refractivity contribution in [2.45, 2.75) is 20.3 Å². The lowest BCUT2D eigenvalue weighted by atomic mass is 10.1. The summed E-state index contributed by atoms with van der Waals surface area (Å²) in [5, 5.41) is 18.2. The van der Waals surface area contributed by atoms with Crippen molar-refractivity contribution in [3.8, 4) is 11.8 Å². The number of aryl methyl sites for hydroxylation is 2.